The van der Waals surface area contributed by atoms with Crippen LogP contribution in [0.4, 0.5) is 10.2 Å². The second-order valence-electron chi connectivity index (χ2n) is 11.6. The van der Waals surface area contributed by atoms with Gasteiger partial charge in [-0.25, -0.2) is 4.39 Å². The highest BCUT2D eigenvalue weighted by molar-refractivity contribution is 6.35. The van der Waals surface area contributed by atoms with Crippen LogP contribution in [0.5, 0.6) is 6.01 Å². The van der Waals surface area contributed by atoms with Crippen LogP contribution in [-0.4, -0.2) is 88.8 Å². The molecule has 4 atom stereocenters. The Morgan fingerprint density at radius 1 is 1.23 bits per heavy atom. The molecule has 0 radical (unpaired) electrons. The van der Waals surface area contributed by atoms with E-state index in [1.807, 2.05) is 48.3 Å². The van der Waals surface area contributed by atoms with Crippen molar-refractivity contribution < 1.29 is 23.8 Å². The Hall–Kier alpha value is -3.82. The second-order valence-corrected chi connectivity index (χ2v) is 12.0. The number of carbonyl (C=O) groups is 1. The van der Waals surface area contributed by atoms with E-state index in [9.17, 15) is 19.6 Å². The molecule has 1 N–H and O–H groups in total. The van der Waals surface area contributed by atoms with Gasteiger partial charge in [0.1, 0.15) is 12.4 Å². The normalized spacial score (nSPS) is 23.8. The maximum atomic E-state index is 13.8. The molecule has 6 rings (SSSR count). The van der Waals surface area contributed by atoms with Crippen LogP contribution in [-0.2, 0) is 22.6 Å². The van der Waals surface area contributed by atoms with E-state index < -0.39 is 23.9 Å². The first-order valence-electron chi connectivity index (χ1n) is 14.7. The van der Waals surface area contributed by atoms with Crippen molar-refractivity contribution in [2.45, 2.75) is 50.2 Å². The molecule has 0 aliphatic carbocycles. The van der Waals surface area contributed by atoms with Gasteiger partial charge in [-0.3, -0.25) is 9.69 Å². The number of aromatic nitrogens is 2. The van der Waals surface area contributed by atoms with Crippen molar-refractivity contribution >= 4 is 34.1 Å². The van der Waals surface area contributed by atoms with E-state index in [1.165, 1.54) is 4.90 Å². The summed E-state index contributed by atoms with van der Waals surface area (Å²) in [5.41, 5.74) is 2.55. The summed E-state index contributed by atoms with van der Waals surface area (Å²) in [5, 5.41) is 22.2. The van der Waals surface area contributed by atoms with Crippen LogP contribution in [0.3, 0.4) is 0 Å². The van der Waals surface area contributed by atoms with Crippen molar-refractivity contribution in [3.8, 4) is 12.1 Å². The smallest absolute Gasteiger partial charge is 0.318 e. The van der Waals surface area contributed by atoms with Crippen molar-refractivity contribution in [3.63, 3.8) is 0 Å². The first-order valence-corrected chi connectivity index (χ1v) is 15.1. The molecule has 3 aliphatic rings. The number of halogens is 2. The van der Waals surface area contributed by atoms with E-state index in [4.69, 9.17) is 31.0 Å². The summed E-state index contributed by atoms with van der Waals surface area (Å²) >= 11 is 6.64. The van der Waals surface area contributed by atoms with Crippen LogP contribution in [0.1, 0.15) is 35.8 Å². The molecule has 1 aromatic heterocycles. The number of benzene rings is 2. The maximum Gasteiger partial charge on any atom is 0.318 e. The zero-order valence-electron chi connectivity index (χ0n) is 24.5. The fourth-order valence-electron chi connectivity index (χ4n) is 6.51. The third kappa shape index (κ3) is 5.95. The number of aliphatic hydroxyl groups excluding tert-OH is 1. The second kappa shape index (κ2) is 12.7. The van der Waals surface area contributed by atoms with Crippen molar-refractivity contribution in [2.24, 2.45) is 0 Å². The summed E-state index contributed by atoms with van der Waals surface area (Å²) in [6, 6.07) is 13.6. The highest BCUT2D eigenvalue weighted by Gasteiger charge is 2.36. The van der Waals surface area contributed by atoms with Gasteiger partial charge in [0.2, 0.25) is 0 Å². The average molecular weight is 621 g/mol. The lowest BCUT2D eigenvalue weighted by Crippen LogP contribution is -2.55. The van der Waals surface area contributed by atoms with E-state index in [2.05, 4.69) is 17.5 Å². The number of β-amino-alcohol motifs (C(OH)–C–C–N with tert-alkyl or cyclic N) is 1. The number of ether oxygens (including phenoxy) is 2. The number of aliphatic hydroxyl groups is 1. The molecule has 4 heterocycles. The molecule has 44 heavy (non-hydrogen) atoms. The number of piperazine rings is 1. The molecular weight excluding hydrogens is 587 g/mol. The zero-order chi connectivity index (χ0) is 31.0. The predicted octanol–water partition coefficient (Wildman–Crippen LogP) is 3.96. The third-order valence-electron chi connectivity index (χ3n) is 8.76. The van der Waals surface area contributed by atoms with Gasteiger partial charge in [0.15, 0.2) is 5.83 Å². The van der Waals surface area contributed by atoms with E-state index in [0.717, 1.165) is 27.6 Å². The Labute approximate surface area is 260 Å². The first-order chi connectivity index (χ1) is 21.2. The fraction of sp³-hybridized carbons (Fsp3) is 0.438. The van der Waals surface area contributed by atoms with Crippen LogP contribution in [0, 0.1) is 11.3 Å². The minimum absolute atomic E-state index is 0.0188. The minimum atomic E-state index is -1.05. The van der Waals surface area contributed by atoms with Crippen LogP contribution in [0.15, 0.2) is 48.8 Å². The number of amides is 1. The van der Waals surface area contributed by atoms with Crippen LogP contribution in [0.2, 0.25) is 5.02 Å². The topological polar surface area (TPSA) is 115 Å². The Morgan fingerprint density at radius 3 is 2.75 bits per heavy atom. The molecule has 0 bridgehead atoms. The fourth-order valence-corrected chi connectivity index (χ4v) is 6.81. The lowest BCUT2D eigenvalue weighted by atomic mass is 9.94. The molecule has 1 unspecified atom stereocenters. The predicted molar refractivity (Wildman–Crippen MR) is 163 cm³/mol. The van der Waals surface area contributed by atoms with E-state index in [0.29, 0.717) is 43.4 Å². The molecule has 0 saturated carbocycles. The lowest BCUT2D eigenvalue weighted by Gasteiger charge is -2.42. The summed E-state index contributed by atoms with van der Waals surface area (Å²) < 4.78 is 26.4. The SMILES string of the molecule is C=C(F)C(=O)N1CCN(c2nc(OC[C@@H]3C[C@@H](O)CN3C)nc3c2COC(c2cccc4cccc(Cl)c24)C3)C[C@@H]1CC#N. The lowest BCUT2D eigenvalue weighted by molar-refractivity contribution is -0.131. The van der Waals surface area contributed by atoms with Crippen molar-refractivity contribution in [2.75, 3.05) is 44.7 Å². The van der Waals surface area contributed by atoms with Gasteiger partial charge in [-0.15, -0.1) is 0 Å². The summed E-state index contributed by atoms with van der Waals surface area (Å²) in [4.78, 5) is 27.6. The van der Waals surface area contributed by atoms with Crippen molar-refractivity contribution in [1.29, 1.82) is 5.26 Å². The van der Waals surface area contributed by atoms with E-state index >= 15 is 0 Å². The summed E-state index contributed by atoms with van der Waals surface area (Å²) in [7, 11) is 1.95. The molecular formula is C32H34ClFN6O4. The van der Waals surface area contributed by atoms with E-state index in [-0.39, 0.29) is 44.3 Å². The molecule has 2 aromatic carbocycles. The number of fused-ring (bicyclic) bond motifs is 2. The van der Waals surface area contributed by atoms with Gasteiger partial charge in [0.05, 0.1) is 43.0 Å². The number of likely N-dealkylation sites (N-methyl/N-ethyl adjacent to an activating group) is 1. The number of hydrogen-bond donors (Lipinski definition) is 1. The molecule has 10 nitrogen and oxygen atoms in total. The van der Waals surface area contributed by atoms with E-state index in [1.54, 1.807) is 0 Å². The van der Waals surface area contributed by atoms with Gasteiger partial charge in [0, 0.05) is 54.6 Å². The van der Waals surface area contributed by atoms with Crippen LogP contribution in [0.25, 0.3) is 10.8 Å². The molecule has 12 heteroatoms. The molecule has 0 spiro atoms. The Balaban J connectivity index is 1.34. The van der Waals surface area contributed by atoms with Crippen molar-refractivity contribution in [3.05, 3.63) is 70.6 Å². The Morgan fingerprint density at radius 2 is 2.02 bits per heavy atom. The average Bonchev–Trinajstić information content (AvgIpc) is 3.35. The standard InChI is InChI=1S/C32H34ClFN6O4/c1-19(34)31(42)40-12-11-39(15-21(40)9-10-35)30-25-18-43-28(24-7-3-5-20-6-4-8-26(33)29(20)24)14-27(25)36-32(37-30)44-17-22-13-23(41)16-38(22)2/h3-8,21-23,28,41H,1,9,11-18H2,2H3/t21-,22-,23+,28?/m0/s1. The maximum absolute atomic E-state index is 13.8. The monoisotopic (exact) mass is 620 g/mol. The number of anilines is 1. The van der Waals surface area contributed by atoms with Gasteiger partial charge in [-0.1, -0.05) is 48.5 Å². The highest BCUT2D eigenvalue weighted by Crippen LogP contribution is 2.39. The largest absolute Gasteiger partial charge is 0.462 e. The molecule has 2 fully saturated rings. The number of rotatable bonds is 7. The molecule has 1 amide bonds. The Kier molecular flexibility index (Phi) is 8.69. The zero-order valence-corrected chi connectivity index (χ0v) is 25.2. The van der Waals surface area contributed by atoms with Crippen molar-refractivity contribution in [1.82, 2.24) is 19.8 Å². The van der Waals surface area contributed by atoms with Gasteiger partial charge in [-0.2, -0.15) is 15.2 Å². The van der Waals surface area contributed by atoms with Gasteiger partial charge >= 0.3 is 6.01 Å². The molecule has 3 aliphatic heterocycles. The molecule has 230 valence electrons. The van der Waals surface area contributed by atoms with Crippen LogP contribution < -0.4 is 9.64 Å². The number of hydrogen-bond acceptors (Lipinski definition) is 9. The van der Waals surface area contributed by atoms with Gasteiger partial charge < -0.3 is 24.4 Å². The highest BCUT2D eigenvalue weighted by atomic mass is 35.5. The molecule has 3 aromatic rings. The number of nitrogens with zero attached hydrogens (tertiary/aromatic N) is 6. The van der Waals surface area contributed by atoms with Gasteiger partial charge in [0.25, 0.3) is 5.91 Å². The first kappa shape index (κ1) is 30.2. The summed E-state index contributed by atoms with van der Waals surface area (Å²) in [6.45, 7) is 5.11. The Bertz CT molecular complexity index is 1630. The molecule has 2 saturated heterocycles. The summed E-state index contributed by atoms with van der Waals surface area (Å²) in [5.74, 6) is -1.25. The number of carbonyl (C=O) groups excluding carboxylic acids is 1. The minimum Gasteiger partial charge on any atom is -0.462 e. The third-order valence-corrected chi connectivity index (χ3v) is 9.08. The van der Waals surface area contributed by atoms with Crippen LogP contribution >= 0.6 is 11.6 Å². The number of nitriles is 1. The quantitative estimate of drug-likeness (QED) is 0.392. The van der Waals surface area contributed by atoms with Gasteiger partial charge in [-0.05, 0) is 30.5 Å². The summed E-state index contributed by atoms with van der Waals surface area (Å²) in [6.07, 6.45) is 0.361. The number of likely N-dealkylation sites (tertiary alicyclic amines) is 1.